The highest BCUT2D eigenvalue weighted by atomic mass is 19.4. The minimum Gasteiger partial charge on any atom is -0.459 e. The van der Waals surface area contributed by atoms with Crippen molar-refractivity contribution in [3.63, 3.8) is 0 Å². The molecule has 0 amide bonds. The first-order valence-electron chi connectivity index (χ1n) is 4.88. The average molecular weight is 238 g/mol. The number of cyclic esters (lactones) is 1. The van der Waals surface area contributed by atoms with Gasteiger partial charge in [-0.25, -0.2) is 4.79 Å². The van der Waals surface area contributed by atoms with Crippen molar-refractivity contribution >= 4 is 5.97 Å². The zero-order valence-electron chi connectivity index (χ0n) is 8.80. The maximum Gasteiger partial charge on any atom is 0.412 e. The van der Waals surface area contributed by atoms with E-state index in [2.05, 4.69) is 4.74 Å². The molecule has 6 heteroatoms. The molecule has 1 aliphatic heterocycles. The predicted octanol–water partition coefficient (Wildman–Crippen LogP) is 1.95. The molecule has 1 heterocycles. The molecule has 0 fully saturated rings. The van der Waals surface area contributed by atoms with E-state index in [1.165, 1.54) is 6.92 Å². The number of hydrogen-bond donors (Lipinski definition) is 1. The Labute approximate surface area is 90.9 Å². The van der Waals surface area contributed by atoms with Crippen molar-refractivity contribution in [3.05, 3.63) is 11.6 Å². The van der Waals surface area contributed by atoms with Crippen LogP contribution in [0.2, 0.25) is 0 Å². The number of rotatable bonds is 0. The van der Waals surface area contributed by atoms with Crippen molar-refractivity contribution in [1.82, 2.24) is 0 Å². The van der Waals surface area contributed by atoms with E-state index in [-0.39, 0.29) is 25.9 Å². The summed E-state index contributed by atoms with van der Waals surface area (Å²) in [5, 5.41) is 9.63. The molecule has 1 N–H and O–H groups in total. The van der Waals surface area contributed by atoms with E-state index in [1.807, 2.05) is 0 Å². The molecule has 0 radical (unpaired) electrons. The second kappa shape index (κ2) is 4.45. The number of alkyl halides is 3. The minimum atomic E-state index is -4.52. The smallest absolute Gasteiger partial charge is 0.412 e. The van der Waals surface area contributed by atoms with Crippen LogP contribution < -0.4 is 0 Å². The third kappa shape index (κ3) is 3.84. The SMILES string of the molecule is C[C@@]1(O)CCC/C(C(F)(F)F)=C\C(=O)OC1. The Morgan fingerprint density at radius 2 is 2.12 bits per heavy atom. The molecule has 0 bridgehead atoms. The van der Waals surface area contributed by atoms with Crippen LogP contribution in [0.1, 0.15) is 26.2 Å². The van der Waals surface area contributed by atoms with Crippen molar-refractivity contribution < 1.29 is 27.8 Å². The van der Waals surface area contributed by atoms with Crippen LogP contribution in [-0.2, 0) is 9.53 Å². The van der Waals surface area contributed by atoms with Crippen molar-refractivity contribution in [2.75, 3.05) is 6.61 Å². The van der Waals surface area contributed by atoms with Crippen molar-refractivity contribution in [3.8, 4) is 0 Å². The Kier molecular flexibility index (Phi) is 3.62. The van der Waals surface area contributed by atoms with Crippen LogP contribution in [0.3, 0.4) is 0 Å². The molecule has 1 aliphatic rings. The predicted molar refractivity (Wildman–Crippen MR) is 49.6 cm³/mol. The van der Waals surface area contributed by atoms with Gasteiger partial charge in [-0.1, -0.05) is 0 Å². The highest BCUT2D eigenvalue weighted by molar-refractivity contribution is 5.83. The molecule has 0 aromatic heterocycles. The van der Waals surface area contributed by atoms with Crippen molar-refractivity contribution in [2.24, 2.45) is 0 Å². The minimum absolute atomic E-state index is 0.160. The lowest BCUT2D eigenvalue weighted by Crippen LogP contribution is -2.31. The fraction of sp³-hybridized carbons (Fsp3) is 0.700. The fourth-order valence-electron chi connectivity index (χ4n) is 1.44. The second-order valence-electron chi connectivity index (χ2n) is 4.13. The molecule has 0 unspecified atom stereocenters. The molecular formula is C10H13F3O3. The van der Waals surface area contributed by atoms with Crippen LogP contribution in [0.25, 0.3) is 0 Å². The number of halogens is 3. The number of ether oxygens (including phenoxy) is 1. The standard InChI is InChI=1S/C10H13F3O3/c1-9(15)4-2-3-7(10(11,12)13)5-8(14)16-6-9/h5,15H,2-4,6H2,1H3/b7-5+/t9-/m1/s1. The fourth-order valence-corrected chi connectivity index (χ4v) is 1.44. The molecule has 0 aliphatic carbocycles. The first kappa shape index (κ1) is 13.0. The first-order valence-corrected chi connectivity index (χ1v) is 4.88. The van der Waals surface area contributed by atoms with E-state index in [4.69, 9.17) is 0 Å². The van der Waals surface area contributed by atoms with Gasteiger partial charge < -0.3 is 9.84 Å². The normalized spacial score (nSPS) is 31.8. The molecule has 0 aromatic carbocycles. The van der Waals surface area contributed by atoms with Crippen LogP contribution in [0.15, 0.2) is 11.6 Å². The van der Waals surface area contributed by atoms with Gasteiger partial charge in [0, 0.05) is 11.6 Å². The van der Waals surface area contributed by atoms with Crippen LogP contribution in [0, 0.1) is 0 Å². The largest absolute Gasteiger partial charge is 0.459 e. The first-order chi connectivity index (χ1) is 7.21. The summed E-state index contributed by atoms with van der Waals surface area (Å²) in [6.07, 6.45) is -4.02. The number of carbonyl (C=O) groups excluding carboxylic acids is 1. The number of aliphatic hydroxyl groups is 1. The van der Waals surface area contributed by atoms with Crippen LogP contribution in [-0.4, -0.2) is 29.5 Å². The lowest BCUT2D eigenvalue weighted by atomic mass is 9.98. The van der Waals surface area contributed by atoms with Gasteiger partial charge in [0.05, 0.1) is 5.60 Å². The Hall–Kier alpha value is -1.04. The molecule has 0 spiro atoms. The number of hydrogen-bond acceptors (Lipinski definition) is 3. The summed E-state index contributed by atoms with van der Waals surface area (Å²) in [5.41, 5.74) is -2.17. The molecule has 0 saturated carbocycles. The molecule has 1 rings (SSSR count). The van der Waals surface area contributed by atoms with Crippen LogP contribution in [0.4, 0.5) is 13.2 Å². The van der Waals surface area contributed by atoms with E-state index in [0.29, 0.717) is 6.08 Å². The summed E-state index contributed by atoms with van der Waals surface area (Å²) in [7, 11) is 0. The molecule has 0 saturated heterocycles. The summed E-state index contributed by atoms with van der Waals surface area (Å²) in [4.78, 5) is 11.0. The monoisotopic (exact) mass is 238 g/mol. The summed E-state index contributed by atoms with van der Waals surface area (Å²) >= 11 is 0. The van der Waals surface area contributed by atoms with E-state index >= 15 is 0 Å². The van der Waals surface area contributed by atoms with E-state index in [9.17, 15) is 23.1 Å². The summed E-state index contributed by atoms with van der Waals surface area (Å²) in [5.74, 6) is -1.06. The lowest BCUT2D eigenvalue weighted by molar-refractivity contribution is -0.145. The Bertz CT molecular complexity index is 305. The highest BCUT2D eigenvalue weighted by Crippen LogP contribution is 2.31. The van der Waals surface area contributed by atoms with Gasteiger partial charge in [0.25, 0.3) is 0 Å². The Morgan fingerprint density at radius 1 is 1.50 bits per heavy atom. The van der Waals surface area contributed by atoms with E-state index in [1.54, 1.807) is 0 Å². The quantitative estimate of drug-likeness (QED) is 0.656. The number of allylic oxidation sites excluding steroid dienone is 1. The van der Waals surface area contributed by atoms with Gasteiger partial charge in [-0.2, -0.15) is 13.2 Å². The number of esters is 1. The molecule has 92 valence electrons. The van der Waals surface area contributed by atoms with Crippen LogP contribution in [0.5, 0.6) is 0 Å². The van der Waals surface area contributed by atoms with Gasteiger partial charge in [-0.3, -0.25) is 0 Å². The summed E-state index contributed by atoms with van der Waals surface area (Å²) in [6.45, 7) is 1.15. The zero-order chi connectivity index (χ0) is 12.4. The number of carbonyl (C=O) groups is 1. The lowest BCUT2D eigenvalue weighted by Gasteiger charge is -2.21. The zero-order valence-corrected chi connectivity index (χ0v) is 8.80. The maximum atomic E-state index is 12.4. The van der Waals surface area contributed by atoms with Gasteiger partial charge in [-0.05, 0) is 26.2 Å². The third-order valence-electron chi connectivity index (χ3n) is 2.34. The molecule has 16 heavy (non-hydrogen) atoms. The Morgan fingerprint density at radius 3 is 2.69 bits per heavy atom. The Balaban J connectivity index is 2.83. The van der Waals surface area contributed by atoms with Gasteiger partial charge in [-0.15, -0.1) is 0 Å². The van der Waals surface area contributed by atoms with Gasteiger partial charge >= 0.3 is 12.1 Å². The van der Waals surface area contributed by atoms with Crippen molar-refractivity contribution in [1.29, 1.82) is 0 Å². The highest BCUT2D eigenvalue weighted by Gasteiger charge is 2.35. The summed E-state index contributed by atoms with van der Waals surface area (Å²) < 4.78 is 41.8. The maximum absolute atomic E-state index is 12.4. The van der Waals surface area contributed by atoms with Gasteiger partial charge in [0.2, 0.25) is 0 Å². The average Bonchev–Trinajstić information content (AvgIpc) is 2.16. The molecule has 1 atom stereocenters. The topological polar surface area (TPSA) is 46.5 Å². The molecular weight excluding hydrogens is 225 g/mol. The van der Waals surface area contributed by atoms with Gasteiger partial charge in [0.15, 0.2) is 0 Å². The van der Waals surface area contributed by atoms with Crippen molar-refractivity contribution in [2.45, 2.75) is 38.0 Å². The second-order valence-corrected chi connectivity index (χ2v) is 4.13. The van der Waals surface area contributed by atoms with Gasteiger partial charge in [0.1, 0.15) is 6.61 Å². The van der Waals surface area contributed by atoms with E-state index < -0.39 is 23.3 Å². The van der Waals surface area contributed by atoms with Crippen LogP contribution >= 0.6 is 0 Å². The van der Waals surface area contributed by atoms with E-state index in [0.717, 1.165) is 0 Å². The molecule has 3 nitrogen and oxygen atoms in total. The molecule has 0 aromatic rings. The summed E-state index contributed by atoms with van der Waals surface area (Å²) in [6, 6.07) is 0. The third-order valence-corrected chi connectivity index (χ3v) is 2.34.